The molecule has 3 unspecified atom stereocenters. The summed E-state index contributed by atoms with van der Waals surface area (Å²) in [7, 11) is 1.56. The van der Waals surface area contributed by atoms with Crippen molar-refractivity contribution in [2.24, 2.45) is 0 Å². The van der Waals surface area contributed by atoms with Gasteiger partial charge in [-0.3, -0.25) is 13.8 Å². The van der Waals surface area contributed by atoms with Gasteiger partial charge >= 0.3 is 7.82 Å². The lowest BCUT2D eigenvalue weighted by molar-refractivity contribution is -0.870. The third kappa shape index (κ3) is 41.0. The van der Waals surface area contributed by atoms with Crippen molar-refractivity contribution < 1.29 is 32.9 Å². The van der Waals surface area contributed by atoms with Gasteiger partial charge in [0.15, 0.2) is 0 Å². The molecule has 0 aromatic rings. The molecule has 0 saturated heterocycles. The number of allylic oxidation sites excluding steroid dienone is 3. The number of phosphoric acid groups is 1. The molecule has 8 nitrogen and oxygen atoms in total. The molecule has 0 heterocycles. The second-order valence-electron chi connectivity index (χ2n) is 17.1. The standard InChI is InChI=1S/C46H91N2O6P/c1-6-8-10-12-14-16-18-20-22-23-24-25-26-28-30-32-34-36-38-40-46(50)47-44(43-54-55(51,52)53-42-41-48(3,4)5)45(49)39-37-35-33-31-29-27-21-19-17-15-13-11-9-7-2/h29,31,37,39,44-45,49H,6-28,30,32-36,38,40-43H2,1-5H3,(H-,47,50,51,52)/p+1/b31-29+,39-37+. The number of hydrogen-bond donors (Lipinski definition) is 3. The molecular weight excluding hydrogens is 707 g/mol. The predicted octanol–water partition coefficient (Wildman–Crippen LogP) is 12.9. The van der Waals surface area contributed by atoms with Crippen LogP contribution in [-0.2, 0) is 18.4 Å². The molecule has 0 aliphatic rings. The Bertz CT molecular complexity index is 953. The van der Waals surface area contributed by atoms with Crippen LogP contribution >= 0.6 is 7.82 Å². The number of carbonyl (C=O) groups is 1. The summed E-state index contributed by atoms with van der Waals surface area (Å²) in [6, 6.07) is -0.857. The Kier molecular flexibility index (Phi) is 37.8. The molecule has 55 heavy (non-hydrogen) atoms. The Hall–Kier alpha value is -1.02. The summed E-state index contributed by atoms with van der Waals surface area (Å²) in [5, 5.41) is 13.8. The molecule has 1 amide bonds. The van der Waals surface area contributed by atoms with Crippen LogP contribution in [-0.4, -0.2) is 73.4 Å². The van der Waals surface area contributed by atoms with E-state index in [4.69, 9.17) is 9.05 Å². The van der Waals surface area contributed by atoms with Gasteiger partial charge in [0.25, 0.3) is 0 Å². The van der Waals surface area contributed by atoms with Crippen molar-refractivity contribution in [1.29, 1.82) is 0 Å². The fraction of sp³-hybridized carbons (Fsp3) is 0.891. The minimum absolute atomic E-state index is 0.0583. The summed E-state index contributed by atoms with van der Waals surface area (Å²) in [5.41, 5.74) is 0. The van der Waals surface area contributed by atoms with Gasteiger partial charge in [-0.25, -0.2) is 4.57 Å². The molecule has 0 bridgehead atoms. The van der Waals surface area contributed by atoms with Crippen molar-refractivity contribution in [2.75, 3.05) is 40.9 Å². The SMILES string of the molecule is CCCCCCCCCC/C=C/CC/C=C/C(O)C(COP(=O)(O)OCC[N+](C)(C)C)NC(=O)CCCCCCCCCCCCCCCCCCCCC. The van der Waals surface area contributed by atoms with Gasteiger partial charge in [0.05, 0.1) is 39.9 Å². The number of hydrogen-bond acceptors (Lipinski definition) is 5. The largest absolute Gasteiger partial charge is 0.472 e. The lowest BCUT2D eigenvalue weighted by Crippen LogP contribution is -2.45. The number of nitrogens with one attached hydrogen (secondary N) is 1. The minimum atomic E-state index is -4.34. The maximum Gasteiger partial charge on any atom is 0.472 e. The highest BCUT2D eigenvalue weighted by molar-refractivity contribution is 7.47. The highest BCUT2D eigenvalue weighted by atomic mass is 31.2. The van der Waals surface area contributed by atoms with E-state index in [1.54, 1.807) is 6.08 Å². The van der Waals surface area contributed by atoms with Crippen LogP contribution in [0.5, 0.6) is 0 Å². The predicted molar refractivity (Wildman–Crippen MR) is 235 cm³/mol. The first-order valence-corrected chi connectivity index (χ1v) is 24.7. The number of nitrogens with zero attached hydrogens (tertiary/aromatic N) is 1. The molecule has 9 heteroatoms. The fourth-order valence-corrected chi connectivity index (χ4v) is 7.44. The lowest BCUT2D eigenvalue weighted by Gasteiger charge is -2.25. The summed E-state index contributed by atoms with van der Waals surface area (Å²) in [4.78, 5) is 23.1. The van der Waals surface area contributed by atoms with E-state index in [9.17, 15) is 19.4 Å². The quantitative estimate of drug-likeness (QED) is 0.0246. The van der Waals surface area contributed by atoms with Gasteiger partial charge in [-0.1, -0.05) is 199 Å². The Morgan fingerprint density at radius 2 is 1.00 bits per heavy atom. The first-order chi connectivity index (χ1) is 26.5. The third-order valence-corrected chi connectivity index (χ3v) is 11.4. The van der Waals surface area contributed by atoms with Crippen molar-refractivity contribution in [2.45, 2.75) is 225 Å². The van der Waals surface area contributed by atoms with Crippen LogP contribution in [0.15, 0.2) is 24.3 Å². The number of phosphoric ester groups is 1. The van der Waals surface area contributed by atoms with Crippen molar-refractivity contribution in [3.05, 3.63) is 24.3 Å². The van der Waals surface area contributed by atoms with E-state index in [2.05, 4.69) is 31.3 Å². The van der Waals surface area contributed by atoms with E-state index in [0.717, 1.165) is 38.5 Å². The lowest BCUT2D eigenvalue weighted by atomic mass is 10.0. The van der Waals surface area contributed by atoms with E-state index in [0.29, 0.717) is 17.4 Å². The average Bonchev–Trinajstić information content (AvgIpc) is 3.13. The van der Waals surface area contributed by atoms with Crippen LogP contribution in [0.2, 0.25) is 0 Å². The highest BCUT2D eigenvalue weighted by Crippen LogP contribution is 2.43. The van der Waals surface area contributed by atoms with E-state index >= 15 is 0 Å². The molecule has 0 spiro atoms. The number of rotatable bonds is 42. The smallest absolute Gasteiger partial charge is 0.387 e. The van der Waals surface area contributed by atoms with Crippen molar-refractivity contribution in [3.8, 4) is 0 Å². The molecular formula is C46H92N2O6P+. The summed E-state index contributed by atoms with van der Waals surface area (Å²) in [6.45, 7) is 4.80. The Morgan fingerprint density at radius 1 is 0.600 bits per heavy atom. The third-order valence-electron chi connectivity index (χ3n) is 10.4. The maximum atomic E-state index is 12.9. The van der Waals surface area contributed by atoms with Gasteiger partial charge < -0.3 is 19.8 Å². The van der Waals surface area contributed by atoms with E-state index < -0.39 is 20.0 Å². The second kappa shape index (κ2) is 38.5. The molecule has 3 N–H and O–H groups in total. The summed E-state index contributed by atoms with van der Waals surface area (Å²) >= 11 is 0. The van der Waals surface area contributed by atoms with E-state index in [1.807, 2.05) is 27.2 Å². The van der Waals surface area contributed by atoms with Crippen LogP contribution in [0.3, 0.4) is 0 Å². The first kappa shape index (κ1) is 54.0. The van der Waals surface area contributed by atoms with E-state index in [1.165, 1.54) is 154 Å². The van der Waals surface area contributed by atoms with Crippen LogP contribution in [0, 0.1) is 0 Å². The number of quaternary nitrogens is 1. The topological polar surface area (TPSA) is 105 Å². The molecule has 0 fully saturated rings. The number of likely N-dealkylation sites (N-methyl/N-ethyl adjacent to an activating group) is 1. The maximum absolute atomic E-state index is 12.9. The second-order valence-corrected chi connectivity index (χ2v) is 18.6. The van der Waals surface area contributed by atoms with Crippen LogP contribution in [0.1, 0.15) is 213 Å². The van der Waals surface area contributed by atoms with Crippen LogP contribution < -0.4 is 5.32 Å². The van der Waals surface area contributed by atoms with Gasteiger partial charge in [-0.2, -0.15) is 0 Å². The molecule has 0 aromatic heterocycles. The number of amides is 1. The number of aliphatic hydroxyl groups is 1. The summed E-state index contributed by atoms with van der Waals surface area (Å²) in [5.74, 6) is -0.185. The Labute approximate surface area is 341 Å². The van der Waals surface area contributed by atoms with Gasteiger partial charge in [-0.15, -0.1) is 0 Å². The molecule has 0 aromatic carbocycles. The molecule has 3 atom stereocenters. The van der Waals surface area contributed by atoms with Crippen molar-refractivity contribution in [3.63, 3.8) is 0 Å². The zero-order valence-electron chi connectivity index (χ0n) is 36.9. The molecule has 0 aliphatic heterocycles. The fourth-order valence-electron chi connectivity index (χ4n) is 6.70. The zero-order chi connectivity index (χ0) is 40.7. The summed E-state index contributed by atoms with van der Waals surface area (Å²) < 4.78 is 23.5. The molecule has 0 radical (unpaired) electrons. The molecule has 0 aliphatic carbocycles. The average molecular weight is 800 g/mol. The minimum Gasteiger partial charge on any atom is -0.387 e. The Balaban J connectivity index is 4.37. The van der Waals surface area contributed by atoms with Crippen LogP contribution in [0.4, 0.5) is 0 Å². The van der Waals surface area contributed by atoms with Crippen LogP contribution in [0.25, 0.3) is 0 Å². The number of unbranched alkanes of at least 4 members (excludes halogenated alkanes) is 27. The Morgan fingerprint density at radius 3 is 1.45 bits per heavy atom. The molecule has 0 saturated carbocycles. The zero-order valence-corrected chi connectivity index (χ0v) is 37.8. The van der Waals surface area contributed by atoms with Crippen molar-refractivity contribution >= 4 is 13.7 Å². The molecule has 0 rings (SSSR count). The molecule has 326 valence electrons. The van der Waals surface area contributed by atoms with E-state index in [-0.39, 0.29) is 19.1 Å². The van der Waals surface area contributed by atoms with Gasteiger partial charge in [0.1, 0.15) is 13.2 Å². The van der Waals surface area contributed by atoms with Gasteiger partial charge in [0.2, 0.25) is 5.91 Å². The number of aliphatic hydroxyl groups excluding tert-OH is 1. The van der Waals surface area contributed by atoms with Gasteiger partial charge in [0, 0.05) is 6.42 Å². The van der Waals surface area contributed by atoms with Crippen molar-refractivity contribution in [1.82, 2.24) is 5.32 Å². The van der Waals surface area contributed by atoms with Gasteiger partial charge in [-0.05, 0) is 32.1 Å². The number of carbonyl (C=O) groups excluding carboxylic acids is 1. The highest BCUT2D eigenvalue weighted by Gasteiger charge is 2.27. The normalized spacial score (nSPS) is 14.5. The first-order valence-electron chi connectivity index (χ1n) is 23.2. The summed E-state index contributed by atoms with van der Waals surface area (Å²) in [6.07, 6.45) is 45.3. The monoisotopic (exact) mass is 800 g/mol.